The second-order valence-corrected chi connectivity index (χ2v) is 7.04. The van der Waals surface area contributed by atoms with Crippen LogP contribution in [0.1, 0.15) is 17.3 Å². The molecule has 30 heavy (non-hydrogen) atoms. The molecule has 6 heteroatoms. The van der Waals surface area contributed by atoms with Gasteiger partial charge in [-0.1, -0.05) is 17.7 Å². The van der Waals surface area contributed by atoms with Gasteiger partial charge in [-0.2, -0.15) is 0 Å². The molecule has 0 fully saturated rings. The number of hydrogen-bond donors (Lipinski definition) is 1. The Morgan fingerprint density at radius 2 is 1.83 bits per heavy atom. The number of fused-ring (bicyclic) bond motifs is 1. The molecule has 0 spiro atoms. The maximum absolute atomic E-state index is 12.5. The second-order valence-electron chi connectivity index (χ2n) is 6.61. The molecule has 4 rings (SSSR count). The Bertz CT molecular complexity index is 1280. The molecule has 0 saturated carbocycles. The van der Waals surface area contributed by atoms with E-state index in [4.69, 9.17) is 20.8 Å². The summed E-state index contributed by atoms with van der Waals surface area (Å²) in [5.41, 5.74) is 1.93. The van der Waals surface area contributed by atoms with E-state index in [0.717, 1.165) is 11.3 Å². The number of benzene rings is 3. The Kier molecular flexibility index (Phi) is 5.55. The van der Waals surface area contributed by atoms with Crippen molar-refractivity contribution in [2.75, 3.05) is 11.9 Å². The van der Waals surface area contributed by atoms with Crippen molar-refractivity contribution in [1.29, 1.82) is 0 Å². The topological polar surface area (TPSA) is 68.5 Å². The summed E-state index contributed by atoms with van der Waals surface area (Å²) < 4.78 is 11.4. The Hall–Kier alpha value is -3.57. The third kappa shape index (κ3) is 4.21. The molecule has 3 aromatic carbocycles. The van der Waals surface area contributed by atoms with Crippen LogP contribution in [-0.2, 0) is 0 Å². The summed E-state index contributed by atoms with van der Waals surface area (Å²) in [4.78, 5) is 25.0. The summed E-state index contributed by atoms with van der Waals surface area (Å²) in [5, 5.41) is 3.72. The Balaban J connectivity index is 1.66. The predicted molar refractivity (Wildman–Crippen MR) is 118 cm³/mol. The van der Waals surface area contributed by atoms with Crippen LogP contribution in [0.2, 0.25) is 5.02 Å². The molecule has 0 aliphatic heterocycles. The number of carbonyl (C=O) groups is 1. The van der Waals surface area contributed by atoms with Crippen molar-refractivity contribution in [3.8, 4) is 17.1 Å². The van der Waals surface area contributed by atoms with Gasteiger partial charge in [0.2, 0.25) is 0 Å². The zero-order valence-corrected chi connectivity index (χ0v) is 16.9. The SMILES string of the molecule is CCOc1ccc(-c2cc(=O)c3ccc(NC(=O)c4cccc(Cl)c4)cc3o2)cc1. The molecular formula is C24H18ClNO4. The molecule has 0 unspecified atom stereocenters. The number of amides is 1. The van der Waals surface area contributed by atoms with Crippen molar-refractivity contribution in [3.63, 3.8) is 0 Å². The molecule has 150 valence electrons. The number of carbonyl (C=O) groups excluding carboxylic acids is 1. The van der Waals surface area contributed by atoms with Crippen LogP contribution >= 0.6 is 11.6 Å². The summed E-state index contributed by atoms with van der Waals surface area (Å²) in [7, 11) is 0. The van der Waals surface area contributed by atoms with Crippen molar-refractivity contribution in [2.24, 2.45) is 0 Å². The second kappa shape index (κ2) is 8.43. The van der Waals surface area contributed by atoms with Crippen LogP contribution in [0.4, 0.5) is 5.69 Å². The van der Waals surface area contributed by atoms with Gasteiger partial charge in [-0.3, -0.25) is 9.59 Å². The molecule has 0 bridgehead atoms. The van der Waals surface area contributed by atoms with Gasteiger partial charge in [0.25, 0.3) is 5.91 Å². The largest absolute Gasteiger partial charge is 0.494 e. The van der Waals surface area contributed by atoms with Crippen molar-refractivity contribution < 1.29 is 13.9 Å². The van der Waals surface area contributed by atoms with Gasteiger partial charge in [0.15, 0.2) is 5.43 Å². The fourth-order valence-electron chi connectivity index (χ4n) is 3.09. The fourth-order valence-corrected chi connectivity index (χ4v) is 3.28. The lowest BCUT2D eigenvalue weighted by Crippen LogP contribution is -2.12. The first-order chi connectivity index (χ1) is 14.5. The number of ether oxygens (including phenoxy) is 1. The molecule has 1 amide bonds. The van der Waals surface area contributed by atoms with Crippen molar-refractivity contribution in [2.45, 2.75) is 6.92 Å². The Morgan fingerprint density at radius 3 is 2.57 bits per heavy atom. The summed E-state index contributed by atoms with van der Waals surface area (Å²) in [6.45, 7) is 2.49. The summed E-state index contributed by atoms with van der Waals surface area (Å²) >= 11 is 5.95. The highest BCUT2D eigenvalue weighted by Crippen LogP contribution is 2.26. The Labute approximate surface area is 177 Å². The van der Waals surface area contributed by atoms with Crippen LogP contribution < -0.4 is 15.5 Å². The maximum Gasteiger partial charge on any atom is 0.255 e. The van der Waals surface area contributed by atoms with E-state index in [1.165, 1.54) is 6.07 Å². The lowest BCUT2D eigenvalue weighted by atomic mass is 10.1. The van der Waals surface area contributed by atoms with Gasteiger partial charge < -0.3 is 14.5 Å². The molecule has 1 N–H and O–H groups in total. The maximum atomic E-state index is 12.5. The standard InChI is InChI=1S/C24H18ClNO4/c1-2-29-19-9-6-15(7-10-19)22-14-21(27)20-11-8-18(13-23(20)30-22)26-24(28)16-4-3-5-17(25)12-16/h3-14H,2H2,1H3,(H,26,28). The molecule has 4 aromatic rings. The molecule has 0 aliphatic rings. The van der Waals surface area contributed by atoms with E-state index >= 15 is 0 Å². The third-order valence-corrected chi connectivity index (χ3v) is 4.76. The minimum atomic E-state index is -0.304. The van der Waals surface area contributed by atoms with Gasteiger partial charge in [-0.25, -0.2) is 0 Å². The van der Waals surface area contributed by atoms with Gasteiger partial charge in [0, 0.05) is 34.0 Å². The van der Waals surface area contributed by atoms with Crippen molar-refractivity contribution in [1.82, 2.24) is 0 Å². The first-order valence-corrected chi connectivity index (χ1v) is 9.79. The van der Waals surface area contributed by atoms with E-state index < -0.39 is 0 Å². The van der Waals surface area contributed by atoms with Gasteiger partial charge in [0.1, 0.15) is 17.1 Å². The van der Waals surface area contributed by atoms with Crippen LogP contribution in [-0.4, -0.2) is 12.5 Å². The van der Waals surface area contributed by atoms with Crippen LogP contribution in [0.5, 0.6) is 5.75 Å². The highest BCUT2D eigenvalue weighted by molar-refractivity contribution is 6.31. The molecule has 1 aromatic heterocycles. The minimum absolute atomic E-state index is 0.159. The molecule has 1 heterocycles. The molecule has 0 atom stereocenters. The van der Waals surface area contributed by atoms with Crippen molar-refractivity contribution in [3.05, 3.63) is 93.6 Å². The lowest BCUT2D eigenvalue weighted by Gasteiger charge is -2.08. The zero-order valence-electron chi connectivity index (χ0n) is 16.1. The number of anilines is 1. The number of rotatable bonds is 5. The average molecular weight is 420 g/mol. The van der Waals surface area contributed by atoms with Gasteiger partial charge >= 0.3 is 0 Å². The predicted octanol–water partition coefficient (Wildman–Crippen LogP) is 5.76. The molecule has 5 nitrogen and oxygen atoms in total. The van der Waals surface area contributed by atoms with Gasteiger partial charge in [-0.15, -0.1) is 0 Å². The smallest absolute Gasteiger partial charge is 0.255 e. The number of nitrogens with one attached hydrogen (secondary N) is 1. The molecular weight excluding hydrogens is 402 g/mol. The highest BCUT2D eigenvalue weighted by Gasteiger charge is 2.11. The van der Waals surface area contributed by atoms with Crippen LogP contribution in [0, 0.1) is 0 Å². The average Bonchev–Trinajstić information content (AvgIpc) is 2.74. The summed E-state index contributed by atoms with van der Waals surface area (Å²) in [6.07, 6.45) is 0. The highest BCUT2D eigenvalue weighted by atomic mass is 35.5. The quantitative estimate of drug-likeness (QED) is 0.446. The van der Waals surface area contributed by atoms with Crippen LogP contribution in [0.3, 0.4) is 0 Å². The van der Waals surface area contributed by atoms with E-state index in [0.29, 0.717) is 39.6 Å². The van der Waals surface area contributed by atoms with E-state index in [1.807, 2.05) is 31.2 Å². The molecule has 0 aliphatic carbocycles. The number of halogens is 1. The van der Waals surface area contributed by atoms with Gasteiger partial charge in [-0.05, 0) is 61.5 Å². The zero-order chi connectivity index (χ0) is 21.1. The monoisotopic (exact) mass is 419 g/mol. The van der Waals surface area contributed by atoms with Crippen molar-refractivity contribution >= 4 is 34.2 Å². The van der Waals surface area contributed by atoms with Crippen LogP contribution in [0.15, 0.2) is 82.0 Å². The lowest BCUT2D eigenvalue weighted by molar-refractivity contribution is 0.102. The van der Waals surface area contributed by atoms with Crippen LogP contribution in [0.25, 0.3) is 22.3 Å². The normalized spacial score (nSPS) is 10.7. The van der Waals surface area contributed by atoms with E-state index in [9.17, 15) is 9.59 Å². The fraction of sp³-hybridized carbons (Fsp3) is 0.0833. The minimum Gasteiger partial charge on any atom is -0.494 e. The molecule has 0 radical (unpaired) electrons. The Morgan fingerprint density at radius 1 is 1.03 bits per heavy atom. The van der Waals surface area contributed by atoms with E-state index in [2.05, 4.69) is 5.32 Å². The summed E-state index contributed by atoms with van der Waals surface area (Å²) in [5.74, 6) is 0.881. The first-order valence-electron chi connectivity index (χ1n) is 9.41. The molecule has 0 saturated heterocycles. The third-order valence-electron chi connectivity index (χ3n) is 4.52. The summed E-state index contributed by atoms with van der Waals surface area (Å²) in [6, 6.07) is 20.4. The van der Waals surface area contributed by atoms with E-state index in [1.54, 1.807) is 42.5 Å². The first kappa shape index (κ1) is 19.7. The van der Waals surface area contributed by atoms with Gasteiger partial charge in [0.05, 0.1) is 12.0 Å². The van der Waals surface area contributed by atoms with E-state index in [-0.39, 0.29) is 11.3 Å². The number of hydrogen-bond acceptors (Lipinski definition) is 4.